The van der Waals surface area contributed by atoms with Crippen molar-refractivity contribution in [3.05, 3.63) is 48.0 Å². The number of amides is 1. The van der Waals surface area contributed by atoms with E-state index in [1.165, 1.54) is 17.0 Å². The Morgan fingerprint density at radius 2 is 1.92 bits per heavy atom. The van der Waals surface area contributed by atoms with Gasteiger partial charge >= 0.3 is 0 Å². The number of carbonyl (C=O) groups excluding carboxylic acids is 1. The van der Waals surface area contributed by atoms with Gasteiger partial charge in [0, 0.05) is 13.6 Å². The molecule has 1 heterocycles. The van der Waals surface area contributed by atoms with Gasteiger partial charge in [-0.15, -0.1) is 0 Å². The summed E-state index contributed by atoms with van der Waals surface area (Å²) in [5.74, 6) is 0.645. The topological polar surface area (TPSA) is 87.7 Å². The number of nitrogens with zero attached hydrogens (tertiary/aromatic N) is 1. The quantitative estimate of drug-likeness (QED) is 0.844. The van der Waals surface area contributed by atoms with Crippen molar-refractivity contribution >= 4 is 27.3 Å². The Kier molecular flexibility index (Phi) is 4.65. The Bertz CT molecular complexity index is 895. The number of fused-ring (bicyclic) bond motifs is 1. The predicted molar refractivity (Wildman–Crippen MR) is 95.4 cm³/mol. The highest BCUT2D eigenvalue weighted by atomic mass is 32.2. The van der Waals surface area contributed by atoms with Crippen molar-refractivity contribution in [1.29, 1.82) is 0 Å². The second-order valence-electron chi connectivity index (χ2n) is 5.66. The summed E-state index contributed by atoms with van der Waals surface area (Å²) in [6.07, 6.45) is 0. The molecule has 2 aromatic carbocycles. The third-order valence-electron chi connectivity index (χ3n) is 4.07. The van der Waals surface area contributed by atoms with Crippen LogP contribution in [0.3, 0.4) is 0 Å². The van der Waals surface area contributed by atoms with Gasteiger partial charge in [-0.25, -0.2) is 13.1 Å². The van der Waals surface area contributed by atoms with Gasteiger partial charge in [0.05, 0.1) is 29.9 Å². The molecule has 2 aromatic rings. The van der Waals surface area contributed by atoms with Crippen molar-refractivity contribution in [2.45, 2.75) is 11.4 Å². The van der Waals surface area contributed by atoms with E-state index in [0.29, 0.717) is 17.1 Å². The van der Waals surface area contributed by atoms with Crippen LogP contribution in [0.4, 0.5) is 11.4 Å². The molecule has 0 aromatic heterocycles. The molecular formula is C17H19N3O4S. The number of likely N-dealkylation sites (N-methyl/N-ethyl adjacent to an activating group) is 1. The molecule has 1 aliphatic heterocycles. The maximum atomic E-state index is 12.5. The van der Waals surface area contributed by atoms with Gasteiger partial charge < -0.3 is 15.0 Å². The Balaban J connectivity index is 1.77. The van der Waals surface area contributed by atoms with Gasteiger partial charge in [0.2, 0.25) is 15.9 Å². The van der Waals surface area contributed by atoms with Crippen molar-refractivity contribution < 1.29 is 17.9 Å². The fraction of sp³-hybridized carbons (Fsp3) is 0.235. The molecule has 0 radical (unpaired) electrons. The molecule has 132 valence electrons. The van der Waals surface area contributed by atoms with Crippen molar-refractivity contribution in [2.24, 2.45) is 0 Å². The molecule has 0 atom stereocenters. The number of ether oxygens (including phenoxy) is 1. The van der Waals surface area contributed by atoms with Crippen LogP contribution >= 0.6 is 0 Å². The molecule has 0 fully saturated rings. The second-order valence-corrected chi connectivity index (χ2v) is 7.42. The van der Waals surface area contributed by atoms with E-state index in [1.54, 1.807) is 44.5 Å². The first-order chi connectivity index (χ1) is 11.9. The highest BCUT2D eigenvalue weighted by molar-refractivity contribution is 7.89. The number of hydrogen-bond donors (Lipinski definition) is 2. The number of carbonyl (C=O) groups is 1. The number of rotatable bonds is 5. The van der Waals surface area contributed by atoms with Gasteiger partial charge in [0.1, 0.15) is 5.75 Å². The first-order valence-corrected chi connectivity index (χ1v) is 9.16. The average molecular weight is 361 g/mol. The first-order valence-electron chi connectivity index (χ1n) is 7.68. The van der Waals surface area contributed by atoms with Gasteiger partial charge in [-0.05, 0) is 35.9 Å². The van der Waals surface area contributed by atoms with Crippen LogP contribution in [0.25, 0.3) is 0 Å². The molecule has 0 aliphatic carbocycles. The minimum atomic E-state index is -3.66. The van der Waals surface area contributed by atoms with Gasteiger partial charge in [-0.1, -0.05) is 12.1 Å². The van der Waals surface area contributed by atoms with Crippen molar-refractivity contribution in [2.75, 3.05) is 30.9 Å². The molecular weight excluding hydrogens is 342 g/mol. The average Bonchev–Trinajstić information content (AvgIpc) is 2.63. The Morgan fingerprint density at radius 1 is 1.20 bits per heavy atom. The van der Waals surface area contributed by atoms with Crippen LogP contribution < -0.4 is 19.7 Å². The van der Waals surface area contributed by atoms with Crippen LogP contribution in [0.5, 0.6) is 5.75 Å². The normalized spacial score (nSPS) is 14.0. The molecule has 3 rings (SSSR count). The van der Waals surface area contributed by atoms with Crippen LogP contribution in [0, 0.1) is 0 Å². The van der Waals surface area contributed by atoms with Gasteiger partial charge in [0.15, 0.2) is 0 Å². The molecule has 0 unspecified atom stereocenters. The lowest BCUT2D eigenvalue weighted by Crippen LogP contribution is -2.37. The van der Waals surface area contributed by atoms with E-state index < -0.39 is 10.0 Å². The summed E-state index contributed by atoms with van der Waals surface area (Å²) in [7, 11) is -0.422. The monoisotopic (exact) mass is 361 g/mol. The summed E-state index contributed by atoms with van der Waals surface area (Å²) in [6.45, 7) is 0.321. The van der Waals surface area contributed by atoms with Crippen LogP contribution in [-0.4, -0.2) is 35.0 Å². The summed E-state index contributed by atoms with van der Waals surface area (Å²) < 4.78 is 32.7. The number of benzene rings is 2. The summed E-state index contributed by atoms with van der Waals surface area (Å²) in [4.78, 5) is 13.3. The molecule has 7 nitrogen and oxygen atoms in total. The largest absolute Gasteiger partial charge is 0.497 e. The van der Waals surface area contributed by atoms with E-state index in [2.05, 4.69) is 10.0 Å². The Morgan fingerprint density at radius 3 is 2.60 bits per heavy atom. The predicted octanol–water partition coefficient (Wildman–Crippen LogP) is 1.56. The van der Waals surface area contributed by atoms with Crippen molar-refractivity contribution in [3.8, 4) is 5.75 Å². The molecule has 25 heavy (non-hydrogen) atoms. The van der Waals surface area contributed by atoms with Crippen LogP contribution in [0.1, 0.15) is 5.56 Å². The molecule has 8 heteroatoms. The summed E-state index contributed by atoms with van der Waals surface area (Å²) in [6, 6.07) is 11.8. The standard InChI is InChI=1S/C17H19N3O4S/c1-20-16-8-7-14(9-15(16)18-11-17(20)21)25(22,23)19-10-12-3-5-13(24-2)6-4-12/h3-9,18-19H,10-11H2,1-2H3. The molecule has 1 aliphatic rings. The minimum absolute atomic E-state index is 0.0688. The lowest BCUT2D eigenvalue weighted by atomic mass is 10.2. The highest BCUT2D eigenvalue weighted by Crippen LogP contribution is 2.30. The van der Waals surface area contributed by atoms with Crippen LogP contribution in [0.15, 0.2) is 47.4 Å². The SMILES string of the molecule is COc1ccc(CNS(=O)(=O)c2ccc3c(c2)NCC(=O)N3C)cc1. The molecule has 0 saturated carbocycles. The van der Waals surface area contributed by atoms with E-state index in [9.17, 15) is 13.2 Å². The fourth-order valence-electron chi connectivity index (χ4n) is 2.55. The number of anilines is 2. The Hall–Kier alpha value is -2.58. The van der Waals surface area contributed by atoms with Gasteiger partial charge in [-0.2, -0.15) is 0 Å². The third kappa shape index (κ3) is 3.59. The zero-order valence-corrected chi connectivity index (χ0v) is 14.8. The maximum Gasteiger partial charge on any atom is 0.246 e. The van der Waals surface area contributed by atoms with E-state index >= 15 is 0 Å². The number of methoxy groups -OCH3 is 1. The van der Waals surface area contributed by atoms with E-state index in [-0.39, 0.29) is 23.9 Å². The number of hydrogen-bond acceptors (Lipinski definition) is 5. The molecule has 0 saturated heterocycles. The highest BCUT2D eigenvalue weighted by Gasteiger charge is 2.23. The van der Waals surface area contributed by atoms with Crippen molar-refractivity contribution in [1.82, 2.24) is 4.72 Å². The lowest BCUT2D eigenvalue weighted by molar-refractivity contribution is -0.116. The van der Waals surface area contributed by atoms with E-state index in [1.807, 2.05) is 0 Å². The molecule has 1 amide bonds. The Labute approximate surface area is 146 Å². The summed E-state index contributed by atoms with van der Waals surface area (Å²) in [5.41, 5.74) is 2.10. The second kappa shape index (κ2) is 6.73. The zero-order chi connectivity index (χ0) is 18.0. The van der Waals surface area contributed by atoms with Gasteiger partial charge in [0.25, 0.3) is 0 Å². The minimum Gasteiger partial charge on any atom is -0.497 e. The fourth-order valence-corrected chi connectivity index (χ4v) is 3.59. The van der Waals surface area contributed by atoms with E-state index in [0.717, 1.165) is 5.56 Å². The van der Waals surface area contributed by atoms with Crippen molar-refractivity contribution in [3.63, 3.8) is 0 Å². The molecule has 2 N–H and O–H groups in total. The summed E-state index contributed by atoms with van der Waals surface area (Å²) >= 11 is 0. The zero-order valence-electron chi connectivity index (χ0n) is 13.9. The summed E-state index contributed by atoms with van der Waals surface area (Å²) in [5, 5.41) is 2.94. The van der Waals surface area contributed by atoms with Gasteiger partial charge in [-0.3, -0.25) is 4.79 Å². The van der Waals surface area contributed by atoms with Crippen LogP contribution in [0.2, 0.25) is 0 Å². The first kappa shape index (κ1) is 17.2. The van der Waals surface area contributed by atoms with E-state index in [4.69, 9.17) is 4.74 Å². The third-order valence-corrected chi connectivity index (χ3v) is 5.47. The van der Waals surface area contributed by atoms with Crippen LogP contribution in [-0.2, 0) is 21.4 Å². The molecule has 0 bridgehead atoms. The smallest absolute Gasteiger partial charge is 0.246 e. The number of nitrogens with one attached hydrogen (secondary N) is 2. The maximum absolute atomic E-state index is 12.5. The molecule has 0 spiro atoms. The lowest BCUT2D eigenvalue weighted by Gasteiger charge is -2.27. The number of sulfonamides is 1.